The standard InChI is InChI=1S/C22H35N3O3/c1-16(24-13-17(2)26)14-27-20-7-6-19(12-20)15-28-22-18(3)21(8-9-23-22)25-10-4-5-11-25/h8-9,16,19-20,24H,4-7,10-15H2,1-3H3/t16-,19?,20-/m0/s1. The van der Waals surface area contributed by atoms with Crippen LogP contribution in [0.3, 0.4) is 0 Å². The van der Waals surface area contributed by atoms with Crippen LogP contribution in [0.15, 0.2) is 12.3 Å². The number of ether oxygens (including phenoxy) is 2. The molecule has 0 spiro atoms. The molecule has 3 rings (SSSR count). The maximum absolute atomic E-state index is 11.0. The number of Topliss-reactive ketones (excluding diaryl/α,β-unsaturated/α-hetero) is 1. The molecular weight excluding hydrogens is 354 g/mol. The number of pyridine rings is 1. The van der Waals surface area contributed by atoms with Crippen molar-refractivity contribution >= 4 is 11.5 Å². The van der Waals surface area contributed by atoms with E-state index < -0.39 is 0 Å². The minimum atomic E-state index is 0.155. The highest BCUT2D eigenvalue weighted by atomic mass is 16.5. The minimum Gasteiger partial charge on any atom is -0.477 e. The lowest BCUT2D eigenvalue weighted by molar-refractivity contribution is -0.116. The summed E-state index contributed by atoms with van der Waals surface area (Å²) in [6.45, 7) is 9.79. The molecule has 156 valence electrons. The van der Waals surface area contributed by atoms with Crippen LogP contribution >= 0.6 is 0 Å². The van der Waals surface area contributed by atoms with Crippen LogP contribution in [0.2, 0.25) is 0 Å². The van der Waals surface area contributed by atoms with Crippen LogP contribution in [0.1, 0.15) is 51.5 Å². The summed E-state index contributed by atoms with van der Waals surface area (Å²) in [6.07, 6.45) is 7.93. The average Bonchev–Trinajstić information content (AvgIpc) is 3.36. The van der Waals surface area contributed by atoms with Gasteiger partial charge in [0.05, 0.1) is 25.9 Å². The molecule has 1 N–H and O–H groups in total. The molecular formula is C22H35N3O3. The van der Waals surface area contributed by atoms with Gasteiger partial charge in [0.25, 0.3) is 0 Å². The van der Waals surface area contributed by atoms with Crippen molar-refractivity contribution in [3.05, 3.63) is 17.8 Å². The van der Waals surface area contributed by atoms with Crippen molar-refractivity contribution in [1.82, 2.24) is 10.3 Å². The van der Waals surface area contributed by atoms with E-state index in [0.717, 1.165) is 43.8 Å². The number of nitrogens with one attached hydrogen (secondary N) is 1. The highest BCUT2D eigenvalue weighted by Gasteiger charge is 2.27. The van der Waals surface area contributed by atoms with Crippen LogP contribution in [0.5, 0.6) is 5.88 Å². The number of ketones is 1. The van der Waals surface area contributed by atoms with Gasteiger partial charge >= 0.3 is 0 Å². The van der Waals surface area contributed by atoms with Crippen molar-refractivity contribution < 1.29 is 14.3 Å². The molecule has 1 saturated heterocycles. The average molecular weight is 390 g/mol. The van der Waals surface area contributed by atoms with E-state index in [1.165, 1.54) is 18.5 Å². The summed E-state index contributed by atoms with van der Waals surface area (Å²) in [5.74, 6) is 1.44. The van der Waals surface area contributed by atoms with Gasteiger partial charge in [-0.15, -0.1) is 0 Å². The Labute approximate surface area is 169 Å². The fraction of sp³-hybridized carbons (Fsp3) is 0.727. The maximum atomic E-state index is 11.0. The molecule has 2 fully saturated rings. The highest BCUT2D eigenvalue weighted by Crippen LogP contribution is 2.31. The van der Waals surface area contributed by atoms with Crippen LogP contribution in [-0.2, 0) is 9.53 Å². The van der Waals surface area contributed by atoms with Crippen LogP contribution < -0.4 is 15.0 Å². The van der Waals surface area contributed by atoms with E-state index >= 15 is 0 Å². The van der Waals surface area contributed by atoms with Crippen molar-refractivity contribution in [2.45, 2.75) is 65.0 Å². The lowest BCUT2D eigenvalue weighted by atomic mass is 10.1. The summed E-state index contributed by atoms with van der Waals surface area (Å²) in [7, 11) is 0. The van der Waals surface area contributed by atoms with Crippen molar-refractivity contribution in [3.8, 4) is 5.88 Å². The first-order chi connectivity index (χ1) is 13.5. The predicted octanol–water partition coefficient (Wildman–Crippen LogP) is 3.12. The van der Waals surface area contributed by atoms with Crippen LogP contribution in [0.25, 0.3) is 0 Å². The van der Waals surface area contributed by atoms with E-state index in [1.54, 1.807) is 6.92 Å². The Morgan fingerprint density at radius 1 is 1.36 bits per heavy atom. The third-order valence-electron chi connectivity index (χ3n) is 5.81. The first-order valence-electron chi connectivity index (χ1n) is 10.7. The molecule has 28 heavy (non-hydrogen) atoms. The molecule has 0 amide bonds. The summed E-state index contributed by atoms with van der Waals surface area (Å²) in [4.78, 5) is 17.9. The first kappa shape index (κ1) is 21.1. The molecule has 2 aliphatic rings. The zero-order valence-electron chi connectivity index (χ0n) is 17.6. The second-order valence-electron chi connectivity index (χ2n) is 8.38. The lowest BCUT2D eigenvalue weighted by Crippen LogP contribution is -2.35. The molecule has 1 unspecified atom stereocenters. The summed E-state index contributed by atoms with van der Waals surface area (Å²) < 4.78 is 12.2. The van der Waals surface area contributed by atoms with Crippen molar-refractivity contribution in [3.63, 3.8) is 0 Å². The number of anilines is 1. The summed E-state index contributed by atoms with van der Waals surface area (Å²) in [5, 5.41) is 3.19. The third kappa shape index (κ3) is 5.92. The van der Waals surface area contributed by atoms with Crippen LogP contribution in [-0.4, -0.2) is 55.8 Å². The smallest absolute Gasteiger partial charge is 0.218 e. The largest absolute Gasteiger partial charge is 0.477 e. The van der Waals surface area contributed by atoms with Crippen molar-refractivity contribution in [2.24, 2.45) is 5.92 Å². The van der Waals surface area contributed by atoms with Gasteiger partial charge in [0.1, 0.15) is 5.78 Å². The van der Waals surface area contributed by atoms with Gasteiger partial charge in [-0.3, -0.25) is 4.79 Å². The molecule has 0 aromatic carbocycles. The van der Waals surface area contributed by atoms with Gasteiger partial charge in [-0.2, -0.15) is 0 Å². The second-order valence-corrected chi connectivity index (χ2v) is 8.38. The second kappa shape index (κ2) is 10.2. The number of aromatic nitrogens is 1. The number of carbonyl (C=O) groups is 1. The minimum absolute atomic E-state index is 0.155. The van der Waals surface area contributed by atoms with Gasteiger partial charge in [0, 0.05) is 36.6 Å². The fourth-order valence-electron chi connectivity index (χ4n) is 4.14. The molecule has 3 atom stereocenters. The molecule has 2 heterocycles. The first-order valence-corrected chi connectivity index (χ1v) is 10.7. The number of hydrogen-bond donors (Lipinski definition) is 1. The number of carbonyl (C=O) groups excluding carboxylic acids is 1. The Morgan fingerprint density at radius 3 is 2.89 bits per heavy atom. The Kier molecular flexibility index (Phi) is 7.68. The lowest BCUT2D eigenvalue weighted by Gasteiger charge is -2.21. The van der Waals surface area contributed by atoms with E-state index in [9.17, 15) is 4.79 Å². The SMILES string of the molecule is CC(=O)CN[C@@H](C)CO[C@H]1CCC(COc2nccc(N3CCCC3)c2C)C1. The van der Waals surface area contributed by atoms with Gasteiger partial charge in [0.15, 0.2) is 0 Å². The molecule has 1 aromatic rings. The van der Waals surface area contributed by atoms with E-state index in [0.29, 0.717) is 31.8 Å². The van der Waals surface area contributed by atoms with Crippen LogP contribution in [0.4, 0.5) is 5.69 Å². The quantitative estimate of drug-likeness (QED) is 0.663. The van der Waals surface area contributed by atoms with Crippen molar-refractivity contribution in [2.75, 3.05) is 37.7 Å². The Hall–Kier alpha value is -1.66. The molecule has 6 heteroatoms. The topological polar surface area (TPSA) is 63.7 Å². The normalized spacial score (nSPS) is 23.2. The number of hydrogen-bond acceptors (Lipinski definition) is 6. The molecule has 6 nitrogen and oxygen atoms in total. The summed E-state index contributed by atoms with van der Waals surface area (Å²) >= 11 is 0. The molecule has 1 aromatic heterocycles. The Bertz CT molecular complexity index is 646. The molecule has 1 saturated carbocycles. The van der Waals surface area contributed by atoms with Gasteiger partial charge in [-0.25, -0.2) is 4.98 Å². The third-order valence-corrected chi connectivity index (χ3v) is 5.81. The molecule has 1 aliphatic carbocycles. The predicted molar refractivity (Wildman–Crippen MR) is 111 cm³/mol. The zero-order valence-corrected chi connectivity index (χ0v) is 17.6. The molecule has 1 aliphatic heterocycles. The van der Waals surface area contributed by atoms with Gasteiger partial charge in [-0.1, -0.05) is 0 Å². The van der Waals surface area contributed by atoms with Gasteiger partial charge in [-0.05, 0) is 64.9 Å². The Balaban J connectivity index is 1.41. The number of nitrogens with zero attached hydrogens (tertiary/aromatic N) is 2. The summed E-state index contributed by atoms with van der Waals surface area (Å²) in [5.41, 5.74) is 2.42. The van der Waals surface area contributed by atoms with Crippen molar-refractivity contribution in [1.29, 1.82) is 0 Å². The van der Waals surface area contributed by atoms with Gasteiger partial charge in [0.2, 0.25) is 5.88 Å². The van der Waals surface area contributed by atoms with E-state index in [-0.39, 0.29) is 11.8 Å². The van der Waals surface area contributed by atoms with E-state index in [4.69, 9.17) is 9.47 Å². The molecule has 0 bridgehead atoms. The maximum Gasteiger partial charge on any atom is 0.218 e. The Morgan fingerprint density at radius 2 is 2.14 bits per heavy atom. The fourth-order valence-corrected chi connectivity index (χ4v) is 4.14. The van der Waals surface area contributed by atoms with E-state index in [1.807, 2.05) is 6.20 Å². The van der Waals surface area contributed by atoms with Crippen LogP contribution in [0, 0.1) is 12.8 Å². The van der Waals surface area contributed by atoms with E-state index in [2.05, 4.69) is 35.1 Å². The van der Waals surface area contributed by atoms with Gasteiger partial charge < -0.3 is 19.7 Å². The highest BCUT2D eigenvalue weighted by molar-refractivity contribution is 5.77. The summed E-state index contributed by atoms with van der Waals surface area (Å²) in [6, 6.07) is 2.30. The molecule has 0 radical (unpaired) electrons. The monoisotopic (exact) mass is 389 g/mol. The number of rotatable bonds is 10. The zero-order chi connectivity index (χ0) is 19.9.